The molecule has 20 heavy (non-hydrogen) atoms. The molecule has 0 aliphatic heterocycles. The van der Waals surface area contributed by atoms with Crippen LogP contribution >= 0.6 is 0 Å². The summed E-state index contributed by atoms with van der Waals surface area (Å²) in [6, 6.07) is 0.680. The van der Waals surface area contributed by atoms with Gasteiger partial charge in [0.25, 0.3) is 0 Å². The van der Waals surface area contributed by atoms with Crippen LogP contribution < -0.4 is 11.1 Å². The number of rotatable bonds is 8. The van der Waals surface area contributed by atoms with Crippen LogP contribution in [0.1, 0.15) is 46.0 Å². The smallest absolute Gasteiger partial charge is 0.237 e. The molecule has 0 heterocycles. The lowest BCUT2D eigenvalue weighted by Gasteiger charge is -2.43. The van der Waals surface area contributed by atoms with E-state index in [-0.39, 0.29) is 11.9 Å². The highest BCUT2D eigenvalue weighted by Crippen LogP contribution is 2.31. The lowest BCUT2D eigenvalue weighted by Crippen LogP contribution is -2.62. The molecule has 1 rings (SSSR count). The fourth-order valence-electron chi connectivity index (χ4n) is 3.24. The first kappa shape index (κ1) is 17.4. The van der Waals surface area contributed by atoms with E-state index in [0.717, 1.165) is 45.3 Å². The van der Waals surface area contributed by atoms with Crippen LogP contribution in [0.3, 0.4) is 0 Å². The average molecular weight is 285 g/mol. The molecule has 0 radical (unpaired) electrons. The fraction of sp³-hybridized carbons (Fsp3) is 0.933. The third-order valence-electron chi connectivity index (χ3n) is 4.24. The first-order valence-corrected chi connectivity index (χ1v) is 7.68. The third-order valence-corrected chi connectivity index (χ3v) is 4.24. The largest absolute Gasteiger partial charge is 0.385 e. The summed E-state index contributed by atoms with van der Waals surface area (Å²) in [4.78, 5) is 14.3. The molecule has 0 aromatic carbocycles. The average Bonchev–Trinajstić information content (AvgIpc) is 2.38. The Morgan fingerprint density at radius 3 is 2.80 bits per heavy atom. The standard InChI is InChI=1S/C15H31N3O2/c1-12(2)17-15(14(16)19)8-5-7-13(11-15)18(3)9-6-10-20-4/h12-13,17H,5-11H2,1-4H3,(H2,16,19). The van der Waals surface area contributed by atoms with Crippen molar-refractivity contribution in [1.82, 2.24) is 10.2 Å². The molecule has 3 N–H and O–H groups in total. The van der Waals surface area contributed by atoms with E-state index in [0.29, 0.717) is 6.04 Å². The SMILES string of the molecule is COCCCN(C)C1CCCC(NC(C)C)(C(N)=O)C1. The Bertz CT molecular complexity index is 309. The van der Waals surface area contributed by atoms with Gasteiger partial charge in [-0.25, -0.2) is 0 Å². The van der Waals surface area contributed by atoms with E-state index < -0.39 is 5.54 Å². The van der Waals surface area contributed by atoms with E-state index in [9.17, 15) is 4.79 Å². The van der Waals surface area contributed by atoms with Crippen LogP contribution in [0.25, 0.3) is 0 Å². The molecule has 0 bridgehead atoms. The second-order valence-corrected chi connectivity index (χ2v) is 6.32. The first-order chi connectivity index (χ1) is 9.41. The van der Waals surface area contributed by atoms with Crippen molar-refractivity contribution in [2.45, 2.75) is 63.6 Å². The van der Waals surface area contributed by atoms with Crippen molar-refractivity contribution in [3.8, 4) is 0 Å². The van der Waals surface area contributed by atoms with E-state index in [4.69, 9.17) is 10.5 Å². The molecule has 1 aliphatic rings. The minimum atomic E-state index is -0.535. The van der Waals surface area contributed by atoms with Gasteiger partial charge in [-0.1, -0.05) is 0 Å². The molecule has 1 aliphatic carbocycles. The monoisotopic (exact) mass is 285 g/mol. The zero-order valence-corrected chi connectivity index (χ0v) is 13.4. The third kappa shape index (κ3) is 4.72. The lowest BCUT2D eigenvalue weighted by molar-refractivity contribution is -0.127. The van der Waals surface area contributed by atoms with Crippen LogP contribution in [0.15, 0.2) is 0 Å². The van der Waals surface area contributed by atoms with Gasteiger partial charge >= 0.3 is 0 Å². The van der Waals surface area contributed by atoms with Gasteiger partial charge in [-0.15, -0.1) is 0 Å². The Balaban J connectivity index is 2.64. The minimum Gasteiger partial charge on any atom is -0.385 e. The van der Waals surface area contributed by atoms with E-state index in [1.165, 1.54) is 0 Å². The number of methoxy groups -OCH3 is 1. The summed E-state index contributed by atoms with van der Waals surface area (Å²) in [5.41, 5.74) is 5.16. The number of carbonyl (C=O) groups is 1. The molecular formula is C15H31N3O2. The van der Waals surface area contributed by atoms with Crippen molar-refractivity contribution < 1.29 is 9.53 Å². The van der Waals surface area contributed by atoms with Gasteiger partial charge in [-0.3, -0.25) is 4.79 Å². The maximum atomic E-state index is 12.0. The van der Waals surface area contributed by atoms with Gasteiger partial charge in [0.1, 0.15) is 0 Å². The van der Waals surface area contributed by atoms with Gasteiger partial charge in [-0.2, -0.15) is 0 Å². The summed E-state index contributed by atoms with van der Waals surface area (Å²) < 4.78 is 5.10. The first-order valence-electron chi connectivity index (χ1n) is 7.68. The summed E-state index contributed by atoms with van der Waals surface area (Å²) in [5.74, 6) is -0.207. The number of nitrogens with two attached hydrogens (primary N) is 1. The molecular weight excluding hydrogens is 254 g/mol. The van der Waals surface area contributed by atoms with Crippen LogP contribution in [0.4, 0.5) is 0 Å². The van der Waals surface area contributed by atoms with Gasteiger partial charge in [0.15, 0.2) is 0 Å². The number of nitrogens with one attached hydrogen (secondary N) is 1. The Morgan fingerprint density at radius 2 is 2.25 bits per heavy atom. The Morgan fingerprint density at radius 1 is 1.55 bits per heavy atom. The van der Waals surface area contributed by atoms with E-state index >= 15 is 0 Å². The molecule has 0 aromatic rings. The number of carbonyl (C=O) groups excluding carboxylic acids is 1. The maximum Gasteiger partial charge on any atom is 0.237 e. The highest BCUT2D eigenvalue weighted by Gasteiger charge is 2.42. The molecule has 0 saturated heterocycles. The molecule has 1 fully saturated rings. The zero-order valence-electron chi connectivity index (χ0n) is 13.4. The molecule has 5 heteroatoms. The van der Waals surface area contributed by atoms with Crippen molar-refractivity contribution in [3.05, 3.63) is 0 Å². The molecule has 118 valence electrons. The Kier molecular flexibility index (Phi) is 6.92. The highest BCUT2D eigenvalue weighted by atomic mass is 16.5. The van der Waals surface area contributed by atoms with Crippen LogP contribution in [0.5, 0.6) is 0 Å². The molecule has 0 spiro atoms. The van der Waals surface area contributed by atoms with E-state index in [1.54, 1.807) is 7.11 Å². The van der Waals surface area contributed by atoms with Crippen molar-refractivity contribution in [1.29, 1.82) is 0 Å². The van der Waals surface area contributed by atoms with Gasteiger partial charge in [0.2, 0.25) is 5.91 Å². The minimum absolute atomic E-state index is 0.207. The number of nitrogens with zero attached hydrogens (tertiary/aromatic N) is 1. The highest BCUT2D eigenvalue weighted by molar-refractivity contribution is 5.85. The van der Waals surface area contributed by atoms with Crippen LogP contribution in [-0.2, 0) is 9.53 Å². The Hall–Kier alpha value is -0.650. The zero-order chi connectivity index (χ0) is 15.2. The summed E-state index contributed by atoms with van der Waals surface area (Å²) in [5, 5.41) is 3.42. The molecule has 0 aromatic heterocycles. The van der Waals surface area contributed by atoms with Gasteiger partial charge in [0.05, 0.1) is 5.54 Å². The van der Waals surface area contributed by atoms with E-state index in [1.807, 2.05) is 0 Å². The summed E-state index contributed by atoms with van der Waals surface area (Å²) in [7, 11) is 3.86. The lowest BCUT2D eigenvalue weighted by atomic mass is 9.77. The second kappa shape index (κ2) is 7.96. The summed E-state index contributed by atoms with van der Waals surface area (Å²) >= 11 is 0. The van der Waals surface area contributed by atoms with Crippen molar-refractivity contribution in [2.24, 2.45) is 5.73 Å². The molecule has 1 amide bonds. The summed E-state index contributed by atoms with van der Waals surface area (Å²) in [6.45, 7) is 5.91. The predicted molar refractivity (Wildman–Crippen MR) is 81.6 cm³/mol. The predicted octanol–water partition coefficient (Wildman–Crippen LogP) is 1.12. The summed E-state index contributed by atoms with van der Waals surface area (Å²) in [6.07, 6.45) is 4.86. The van der Waals surface area contributed by atoms with E-state index in [2.05, 4.69) is 31.1 Å². The van der Waals surface area contributed by atoms with Gasteiger partial charge in [0, 0.05) is 32.3 Å². The molecule has 2 atom stereocenters. The van der Waals surface area contributed by atoms with Gasteiger partial charge < -0.3 is 20.7 Å². The quantitative estimate of drug-likeness (QED) is 0.656. The molecule has 5 nitrogen and oxygen atoms in total. The number of hydrogen-bond donors (Lipinski definition) is 2. The number of amides is 1. The van der Waals surface area contributed by atoms with Crippen molar-refractivity contribution in [3.63, 3.8) is 0 Å². The van der Waals surface area contributed by atoms with Gasteiger partial charge in [-0.05, 0) is 53.0 Å². The maximum absolute atomic E-state index is 12.0. The molecule has 1 saturated carbocycles. The van der Waals surface area contributed by atoms with Crippen LogP contribution in [-0.4, -0.2) is 55.7 Å². The van der Waals surface area contributed by atoms with Crippen LogP contribution in [0.2, 0.25) is 0 Å². The van der Waals surface area contributed by atoms with Crippen LogP contribution in [0, 0.1) is 0 Å². The fourth-order valence-corrected chi connectivity index (χ4v) is 3.24. The normalized spacial score (nSPS) is 27.2. The molecule has 2 unspecified atom stereocenters. The Labute approximate surface area is 123 Å². The second-order valence-electron chi connectivity index (χ2n) is 6.32. The topological polar surface area (TPSA) is 67.6 Å². The number of primary amides is 1. The number of hydrogen-bond acceptors (Lipinski definition) is 4. The van der Waals surface area contributed by atoms with Crippen molar-refractivity contribution in [2.75, 3.05) is 27.3 Å². The van der Waals surface area contributed by atoms with Crippen molar-refractivity contribution >= 4 is 5.91 Å². The number of ether oxygens (including phenoxy) is 1.